The highest BCUT2D eigenvalue weighted by molar-refractivity contribution is 8.00. The van der Waals surface area contributed by atoms with Gasteiger partial charge >= 0.3 is 0 Å². The van der Waals surface area contributed by atoms with Crippen molar-refractivity contribution in [3.63, 3.8) is 0 Å². The number of nitrogens with two attached hydrogens (primary N) is 1. The Morgan fingerprint density at radius 1 is 1.29 bits per heavy atom. The van der Waals surface area contributed by atoms with E-state index < -0.39 is 0 Å². The number of benzene rings is 2. The van der Waals surface area contributed by atoms with Crippen LogP contribution in [0.4, 0.5) is 15.2 Å². The van der Waals surface area contributed by atoms with Gasteiger partial charge in [-0.2, -0.15) is 0 Å². The molecule has 4 nitrogen and oxygen atoms in total. The van der Waals surface area contributed by atoms with Crippen molar-refractivity contribution in [2.45, 2.75) is 4.90 Å². The lowest BCUT2D eigenvalue weighted by molar-refractivity contribution is 0.112. The molecule has 0 aliphatic rings. The van der Waals surface area contributed by atoms with Crippen LogP contribution < -0.4 is 10.5 Å². The smallest absolute Gasteiger partial charge is 0.181 e. The number of hydrogen-bond acceptors (Lipinski definition) is 6. The molecule has 0 unspecified atom stereocenters. The minimum absolute atomic E-state index is 0.327. The summed E-state index contributed by atoms with van der Waals surface area (Å²) in [7, 11) is 0. The molecule has 0 saturated carbocycles. The average Bonchev–Trinajstić information content (AvgIpc) is 2.85. The molecule has 0 bridgehead atoms. The lowest BCUT2D eigenvalue weighted by Crippen LogP contribution is -1.89. The Morgan fingerprint density at radius 3 is 2.76 bits per heavy atom. The number of nitrogens with one attached hydrogen (secondary N) is 1. The molecule has 0 radical (unpaired) electrons. The maximum absolute atomic E-state index is 13.6. The summed E-state index contributed by atoms with van der Waals surface area (Å²) in [5.74, 6) is -0.327. The largest absolute Gasteiger partial charge is 0.375 e. The minimum Gasteiger partial charge on any atom is -0.375 e. The second-order valence-corrected chi connectivity index (χ2v) is 6.16. The van der Waals surface area contributed by atoms with E-state index in [1.54, 1.807) is 24.3 Å². The molecule has 0 saturated heterocycles. The zero-order chi connectivity index (χ0) is 14.8. The van der Waals surface area contributed by atoms with Crippen LogP contribution in [-0.4, -0.2) is 11.3 Å². The number of halogens is 1. The number of anilines is 2. The van der Waals surface area contributed by atoms with Crippen molar-refractivity contribution in [3.8, 4) is 0 Å². The van der Waals surface area contributed by atoms with Gasteiger partial charge in [-0.3, -0.25) is 4.79 Å². The minimum atomic E-state index is -0.327. The number of fused-ring (bicyclic) bond motifs is 1. The number of nitrogen functional groups attached to an aromatic ring is 1. The summed E-state index contributed by atoms with van der Waals surface area (Å²) < 4.78 is 17.4. The number of carbonyl (C=O) groups excluding carboxylic acids is 1. The van der Waals surface area contributed by atoms with Gasteiger partial charge in [0.25, 0.3) is 0 Å². The van der Waals surface area contributed by atoms with Crippen molar-refractivity contribution in [3.05, 3.63) is 47.8 Å². The molecular formula is C14H10FN3OS2. The van der Waals surface area contributed by atoms with E-state index >= 15 is 0 Å². The first-order valence-electron chi connectivity index (χ1n) is 5.99. The molecule has 3 aromatic rings. The quantitative estimate of drug-likeness (QED) is 0.563. The fourth-order valence-corrected chi connectivity index (χ4v) is 3.44. The summed E-state index contributed by atoms with van der Waals surface area (Å²) in [5.41, 5.74) is 7.77. The Bertz CT molecular complexity index is 802. The third kappa shape index (κ3) is 2.98. The summed E-state index contributed by atoms with van der Waals surface area (Å²) in [5, 5.41) is 0.410. The Hall–Kier alpha value is -2.12. The van der Waals surface area contributed by atoms with Crippen molar-refractivity contribution in [2.24, 2.45) is 0 Å². The van der Waals surface area contributed by atoms with Gasteiger partial charge in [0.05, 0.1) is 15.1 Å². The first-order valence-corrected chi connectivity index (χ1v) is 7.62. The van der Waals surface area contributed by atoms with Crippen molar-refractivity contribution < 1.29 is 9.18 Å². The van der Waals surface area contributed by atoms with E-state index in [4.69, 9.17) is 5.73 Å². The number of aromatic nitrogens is 1. The van der Waals surface area contributed by atoms with Gasteiger partial charge in [0.15, 0.2) is 5.13 Å². The van der Waals surface area contributed by atoms with Crippen LogP contribution in [0.25, 0.3) is 10.2 Å². The lowest BCUT2D eigenvalue weighted by atomic mass is 10.2. The molecule has 3 N–H and O–H groups in total. The van der Waals surface area contributed by atoms with Gasteiger partial charge in [-0.25, -0.2) is 9.37 Å². The zero-order valence-electron chi connectivity index (χ0n) is 10.7. The van der Waals surface area contributed by atoms with Crippen molar-refractivity contribution >= 4 is 50.6 Å². The van der Waals surface area contributed by atoms with Crippen molar-refractivity contribution in [1.29, 1.82) is 0 Å². The molecule has 0 fully saturated rings. The first-order chi connectivity index (χ1) is 10.2. The van der Waals surface area contributed by atoms with Crippen LogP contribution in [0.15, 0.2) is 41.3 Å². The van der Waals surface area contributed by atoms with Gasteiger partial charge in [0.1, 0.15) is 12.1 Å². The third-order valence-electron chi connectivity index (χ3n) is 2.77. The molecule has 1 aromatic heterocycles. The standard InChI is InChI=1S/C14H10FN3OS2/c15-9-5-11-13(17-14(16)20-11)12(6-9)21-18-10-3-1-8(7-19)2-4-10/h1-7,18H,(H2,16,17). The Kier molecular flexibility index (Phi) is 3.76. The molecule has 3 rings (SSSR count). The van der Waals surface area contributed by atoms with Gasteiger partial charge < -0.3 is 10.5 Å². The van der Waals surface area contributed by atoms with E-state index in [1.165, 1.54) is 35.4 Å². The maximum Gasteiger partial charge on any atom is 0.181 e. The van der Waals surface area contributed by atoms with Crippen LogP contribution in [-0.2, 0) is 0 Å². The van der Waals surface area contributed by atoms with Gasteiger partial charge in [-0.05, 0) is 48.3 Å². The third-order valence-corrected chi connectivity index (χ3v) is 4.47. The number of rotatable bonds is 4. The van der Waals surface area contributed by atoms with Crippen LogP contribution in [0, 0.1) is 5.82 Å². The second kappa shape index (κ2) is 5.71. The van der Waals surface area contributed by atoms with Crippen molar-refractivity contribution in [1.82, 2.24) is 4.98 Å². The van der Waals surface area contributed by atoms with E-state index in [0.29, 0.717) is 25.8 Å². The molecule has 1 heterocycles. The van der Waals surface area contributed by atoms with Crippen molar-refractivity contribution in [2.75, 3.05) is 10.5 Å². The fraction of sp³-hybridized carbons (Fsp3) is 0. The Balaban J connectivity index is 1.85. The molecule has 0 aliphatic heterocycles. The van der Waals surface area contributed by atoms with Gasteiger partial charge in [-0.15, -0.1) is 0 Å². The number of hydrogen-bond donors (Lipinski definition) is 2. The van der Waals surface area contributed by atoms with E-state index in [2.05, 4.69) is 9.71 Å². The Labute approximate surface area is 128 Å². The predicted molar refractivity (Wildman–Crippen MR) is 85.3 cm³/mol. The van der Waals surface area contributed by atoms with Gasteiger partial charge in [0, 0.05) is 11.3 Å². The molecular weight excluding hydrogens is 309 g/mol. The van der Waals surface area contributed by atoms with Crippen LogP contribution in [0.5, 0.6) is 0 Å². The molecule has 2 aromatic carbocycles. The molecule has 21 heavy (non-hydrogen) atoms. The topological polar surface area (TPSA) is 68.0 Å². The van der Waals surface area contributed by atoms with E-state index in [0.717, 1.165) is 12.0 Å². The number of nitrogens with zero attached hydrogens (tertiary/aromatic N) is 1. The maximum atomic E-state index is 13.6. The van der Waals surface area contributed by atoms with E-state index in [1.807, 2.05) is 0 Å². The second-order valence-electron chi connectivity index (χ2n) is 4.25. The highest BCUT2D eigenvalue weighted by Crippen LogP contribution is 2.33. The van der Waals surface area contributed by atoms with Gasteiger partial charge in [-0.1, -0.05) is 11.3 Å². The fourth-order valence-electron chi connectivity index (χ4n) is 1.81. The summed E-state index contributed by atoms with van der Waals surface area (Å²) in [6.45, 7) is 0. The van der Waals surface area contributed by atoms with Crippen LogP contribution in [0.2, 0.25) is 0 Å². The molecule has 7 heteroatoms. The Morgan fingerprint density at radius 2 is 2.05 bits per heavy atom. The lowest BCUT2D eigenvalue weighted by Gasteiger charge is -2.06. The molecule has 0 spiro atoms. The number of thiazole rings is 1. The number of carbonyl (C=O) groups is 1. The molecule has 106 valence electrons. The first kappa shape index (κ1) is 13.8. The van der Waals surface area contributed by atoms with Crippen LogP contribution in [0.3, 0.4) is 0 Å². The predicted octanol–water partition coefficient (Wildman–Crippen LogP) is 3.95. The van der Waals surface area contributed by atoms with Crippen LogP contribution in [0.1, 0.15) is 10.4 Å². The molecule has 0 aliphatic carbocycles. The summed E-state index contributed by atoms with van der Waals surface area (Å²) in [4.78, 5) is 15.5. The zero-order valence-corrected chi connectivity index (χ0v) is 12.3. The van der Waals surface area contributed by atoms with Gasteiger partial charge in [0.2, 0.25) is 0 Å². The highest BCUT2D eigenvalue weighted by atomic mass is 32.2. The monoisotopic (exact) mass is 319 g/mol. The number of aldehydes is 1. The normalized spacial score (nSPS) is 10.7. The van der Waals surface area contributed by atoms with Crippen LogP contribution >= 0.6 is 23.3 Å². The molecule has 0 amide bonds. The summed E-state index contributed by atoms with van der Waals surface area (Å²) in [6, 6.07) is 9.81. The van der Waals surface area contributed by atoms with E-state index in [-0.39, 0.29) is 5.82 Å². The SMILES string of the molecule is Nc1nc2c(SNc3ccc(C=O)cc3)cc(F)cc2s1. The summed E-state index contributed by atoms with van der Waals surface area (Å²) in [6.07, 6.45) is 0.783. The average molecular weight is 319 g/mol. The summed E-state index contributed by atoms with van der Waals surface area (Å²) >= 11 is 2.51. The van der Waals surface area contributed by atoms with E-state index in [9.17, 15) is 9.18 Å². The highest BCUT2D eigenvalue weighted by Gasteiger charge is 2.10. The molecule has 0 atom stereocenters.